The third-order valence-electron chi connectivity index (χ3n) is 1.59. The van der Waals surface area contributed by atoms with E-state index >= 15 is 0 Å². The van der Waals surface area contributed by atoms with Crippen molar-refractivity contribution in [1.29, 1.82) is 0 Å². The second kappa shape index (κ2) is 3.24. The van der Waals surface area contributed by atoms with E-state index in [0.717, 1.165) is 5.70 Å². The van der Waals surface area contributed by atoms with Gasteiger partial charge in [0.25, 0.3) is 0 Å². The smallest absolute Gasteiger partial charge is 0.0467 e. The van der Waals surface area contributed by atoms with Crippen LogP contribution in [0.5, 0.6) is 0 Å². The third kappa shape index (κ3) is 1.63. The summed E-state index contributed by atoms with van der Waals surface area (Å²) in [4.78, 5) is 4.39. The topological polar surface area (TPSA) is 12.4 Å². The fourth-order valence-corrected chi connectivity index (χ4v) is 1.90. The molecular weight excluding hydrogens is 142 g/mol. The zero-order valence-corrected chi connectivity index (χ0v) is 7.53. The van der Waals surface area contributed by atoms with Crippen molar-refractivity contribution in [2.24, 2.45) is 4.99 Å². The Morgan fingerprint density at radius 3 is 2.80 bits per heavy atom. The van der Waals surface area contributed by atoms with Crippen LogP contribution < -0.4 is 0 Å². The fraction of sp³-hybridized carbons (Fsp3) is 0.625. The molecule has 0 aromatic carbocycles. The van der Waals surface area contributed by atoms with Crippen LogP contribution in [0.25, 0.3) is 0 Å². The number of hydrogen-bond acceptors (Lipinski definition) is 2. The average molecular weight is 155 g/mol. The predicted molar refractivity (Wildman–Crippen MR) is 48.5 cm³/mol. The molecule has 1 unspecified atom stereocenters. The van der Waals surface area contributed by atoms with Gasteiger partial charge in [-0.2, -0.15) is 0 Å². The lowest BCUT2D eigenvalue weighted by Gasteiger charge is -2.16. The first kappa shape index (κ1) is 7.86. The maximum absolute atomic E-state index is 4.39. The van der Waals surface area contributed by atoms with Gasteiger partial charge in [0.05, 0.1) is 0 Å². The normalized spacial score (nSPS) is 25.7. The van der Waals surface area contributed by atoms with Crippen molar-refractivity contribution in [1.82, 2.24) is 0 Å². The van der Waals surface area contributed by atoms with Gasteiger partial charge in [-0.15, -0.1) is 11.8 Å². The molecule has 1 aliphatic heterocycles. The molecule has 0 spiro atoms. The van der Waals surface area contributed by atoms with Crippen molar-refractivity contribution in [3.05, 3.63) is 11.1 Å². The van der Waals surface area contributed by atoms with Crippen LogP contribution in [0, 0.1) is 0 Å². The molecule has 0 saturated carbocycles. The Morgan fingerprint density at radius 2 is 2.30 bits per heavy atom. The Labute approximate surface area is 66.6 Å². The summed E-state index contributed by atoms with van der Waals surface area (Å²) < 4.78 is 0. The lowest BCUT2D eigenvalue weighted by molar-refractivity contribution is 0.998. The molecule has 0 bridgehead atoms. The Hall–Kier alpha value is -0.240. The Kier molecular flexibility index (Phi) is 2.55. The molecule has 0 fully saturated rings. The third-order valence-corrected chi connectivity index (χ3v) is 3.07. The van der Waals surface area contributed by atoms with Crippen LogP contribution in [0.4, 0.5) is 0 Å². The molecule has 1 heterocycles. The highest BCUT2D eigenvalue weighted by Gasteiger charge is 2.12. The molecule has 0 N–H and O–H groups in total. The molecule has 0 saturated heterocycles. The van der Waals surface area contributed by atoms with Crippen LogP contribution in [-0.2, 0) is 0 Å². The molecule has 1 atom stereocenters. The summed E-state index contributed by atoms with van der Waals surface area (Å²) in [6, 6.07) is 0. The first-order valence-corrected chi connectivity index (χ1v) is 4.55. The zero-order chi connectivity index (χ0) is 7.56. The molecule has 0 aromatic rings. The van der Waals surface area contributed by atoms with Gasteiger partial charge in [-0.3, -0.25) is 4.99 Å². The van der Waals surface area contributed by atoms with E-state index in [4.69, 9.17) is 0 Å². The average Bonchev–Trinajstić information content (AvgIpc) is 1.88. The fourth-order valence-electron chi connectivity index (χ4n) is 1.05. The molecule has 0 aromatic heterocycles. The Balaban J connectivity index is 2.68. The van der Waals surface area contributed by atoms with Crippen LogP contribution in [0.1, 0.15) is 27.2 Å². The maximum Gasteiger partial charge on any atom is 0.0467 e. The summed E-state index contributed by atoms with van der Waals surface area (Å²) in [6.07, 6.45) is 1.18. The van der Waals surface area contributed by atoms with Crippen molar-refractivity contribution >= 4 is 17.5 Å². The van der Waals surface area contributed by atoms with Crippen LogP contribution in [-0.4, -0.2) is 11.0 Å². The van der Waals surface area contributed by atoms with E-state index in [9.17, 15) is 0 Å². The van der Waals surface area contributed by atoms with Crippen molar-refractivity contribution < 1.29 is 0 Å². The van der Waals surface area contributed by atoms with Gasteiger partial charge in [0.1, 0.15) is 0 Å². The maximum atomic E-state index is 4.39. The van der Waals surface area contributed by atoms with Gasteiger partial charge < -0.3 is 0 Å². The summed E-state index contributed by atoms with van der Waals surface area (Å²) in [5, 5.41) is 2.77. The van der Waals surface area contributed by atoms with Crippen LogP contribution in [0.2, 0.25) is 0 Å². The van der Waals surface area contributed by atoms with E-state index in [0.29, 0.717) is 5.25 Å². The first-order chi connectivity index (χ1) is 4.74. The second-order valence-electron chi connectivity index (χ2n) is 2.55. The molecule has 1 nitrogen and oxygen atoms in total. The number of thioether (sulfide) groups is 1. The minimum absolute atomic E-state index is 0.628. The molecule has 1 aliphatic rings. The number of rotatable bonds is 1. The van der Waals surface area contributed by atoms with Gasteiger partial charge in [0.2, 0.25) is 0 Å². The van der Waals surface area contributed by atoms with Crippen LogP contribution in [0.3, 0.4) is 0 Å². The van der Waals surface area contributed by atoms with Gasteiger partial charge in [0, 0.05) is 16.7 Å². The van der Waals surface area contributed by atoms with Crippen LogP contribution >= 0.6 is 11.8 Å². The lowest BCUT2D eigenvalue weighted by atomic mass is 10.2. The van der Waals surface area contributed by atoms with E-state index in [2.05, 4.69) is 24.2 Å². The van der Waals surface area contributed by atoms with Gasteiger partial charge in [0.15, 0.2) is 0 Å². The van der Waals surface area contributed by atoms with Gasteiger partial charge >= 0.3 is 0 Å². The summed E-state index contributed by atoms with van der Waals surface area (Å²) in [7, 11) is 0. The number of aliphatic imine (C=N–C) groups is 1. The van der Waals surface area contributed by atoms with E-state index in [1.807, 2.05) is 18.7 Å². The summed E-state index contributed by atoms with van der Waals surface area (Å²) in [6.45, 7) is 6.35. The molecular formula is C8H13NS. The molecule has 10 heavy (non-hydrogen) atoms. The van der Waals surface area contributed by atoms with Gasteiger partial charge in [-0.25, -0.2) is 0 Å². The molecule has 1 rings (SSSR count). The predicted octanol–water partition coefficient (Wildman–Crippen LogP) is 2.83. The Morgan fingerprint density at radius 1 is 1.60 bits per heavy atom. The molecule has 2 heteroatoms. The van der Waals surface area contributed by atoms with Crippen molar-refractivity contribution in [2.45, 2.75) is 32.4 Å². The second-order valence-corrected chi connectivity index (χ2v) is 3.62. The number of hydrogen-bond donors (Lipinski definition) is 0. The minimum atomic E-state index is 0.628. The van der Waals surface area contributed by atoms with E-state index in [-0.39, 0.29) is 0 Å². The highest BCUT2D eigenvalue weighted by Crippen LogP contribution is 2.24. The number of nitrogens with zero attached hydrogens (tertiary/aromatic N) is 1. The largest absolute Gasteiger partial charge is 0.261 e. The zero-order valence-electron chi connectivity index (χ0n) is 6.72. The van der Waals surface area contributed by atoms with Gasteiger partial charge in [-0.1, -0.05) is 6.92 Å². The first-order valence-electron chi connectivity index (χ1n) is 3.61. The number of allylic oxidation sites excluding steroid dienone is 1. The SMILES string of the molecule is CCC1SC=C(C)N=C1C. The highest BCUT2D eigenvalue weighted by molar-refractivity contribution is 8.03. The van der Waals surface area contributed by atoms with Crippen molar-refractivity contribution in [2.75, 3.05) is 0 Å². The lowest BCUT2D eigenvalue weighted by Crippen LogP contribution is -2.14. The molecule has 0 aliphatic carbocycles. The van der Waals surface area contributed by atoms with Crippen molar-refractivity contribution in [3.63, 3.8) is 0 Å². The van der Waals surface area contributed by atoms with Crippen LogP contribution in [0.15, 0.2) is 16.1 Å². The van der Waals surface area contributed by atoms with Gasteiger partial charge in [-0.05, 0) is 25.7 Å². The summed E-state index contributed by atoms with van der Waals surface area (Å²) in [5.41, 5.74) is 2.42. The minimum Gasteiger partial charge on any atom is -0.261 e. The molecule has 56 valence electrons. The molecule has 0 radical (unpaired) electrons. The molecule has 0 amide bonds. The van der Waals surface area contributed by atoms with E-state index in [1.165, 1.54) is 12.1 Å². The van der Waals surface area contributed by atoms with Crippen molar-refractivity contribution in [3.8, 4) is 0 Å². The quantitative estimate of drug-likeness (QED) is 0.567. The Bertz CT molecular complexity index is 182. The van der Waals surface area contributed by atoms with E-state index in [1.54, 1.807) is 0 Å². The summed E-state index contributed by atoms with van der Waals surface area (Å²) >= 11 is 1.89. The highest BCUT2D eigenvalue weighted by atomic mass is 32.2. The van der Waals surface area contributed by atoms with E-state index < -0.39 is 0 Å². The monoisotopic (exact) mass is 155 g/mol. The standard InChI is InChI=1S/C8H13NS/c1-4-8-7(3)9-6(2)5-10-8/h5,8H,4H2,1-3H3. The summed E-state index contributed by atoms with van der Waals surface area (Å²) in [5.74, 6) is 0.